The van der Waals surface area contributed by atoms with Crippen LogP contribution in [0.5, 0.6) is 11.5 Å². The highest BCUT2D eigenvalue weighted by molar-refractivity contribution is 6.01. The third-order valence-corrected chi connectivity index (χ3v) is 5.06. The lowest BCUT2D eigenvalue weighted by molar-refractivity contribution is -0.116. The van der Waals surface area contributed by atoms with Gasteiger partial charge in [-0.15, -0.1) is 0 Å². The van der Waals surface area contributed by atoms with E-state index in [0.29, 0.717) is 35.1 Å². The third-order valence-electron chi connectivity index (χ3n) is 5.06. The SMILES string of the molecule is CC(CO)n1ccc2c(NC(=O)CCc3ccc4c(c3)OCO4)cccc2c1=O. The van der Waals surface area contributed by atoms with E-state index in [0.717, 1.165) is 11.3 Å². The smallest absolute Gasteiger partial charge is 0.258 e. The van der Waals surface area contributed by atoms with E-state index in [2.05, 4.69) is 5.32 Å². The molecular formula is C22H22N2O5. The predicted octanol–water partition coefficient (Wildman–Crippen LogP) is 2.85. The quantitative estimate of drug-likeness (QED) is 0.671. The summed E-state index contributed by atoms with van der Waals surface area (Å²) in [6.45, 7) is 1.87. The molecule has 0 radical (unpaired) electrons. The zero-order chi connectivity index (χ0) is 20.4. The largest absolute Gasteiger partial charge is 0.454 e. The number of aromatic nitrogens is 1. The number of pyridine rings is 1. The minimum atomic E-state index is -0.313. The number of aliphatic hydroxyl groups excluding tert-OH is 1. The Morgan fingerprint density at radius 2 is 2.00 bits per heavy atom. The Morgan fingerprint density at radius 3 is 2.83 bits per heavy atom. The fourth-order valence-corrected chi connectivity index (χ4v) is 3.40. The Hall–Kier alpha value is -3.32. The number of fused-ring (bicyclic) bond motifs is 2. The van der Waals surface area contributed by atoms with Crippen molar-refractivity contribution in [3.63, 3.8) is 0 Å². The second-order valence-electron chi connectivity index (χ2n) is 7.06. The van der Waals surface area contributed by atoms with Gasteiger partial charge in [-0.3, -0.25) is 9.59 Å². The van der Waals surface area contributed by atoms with Gasteiger partial charge in [0.2, 0.25) is 12.7 Å². The van der Waals surface area contributed by atoms with E-state index in [1.54, 1.807) is 37.4 Å². The van der Waals surface area contributed by atoms with Crippen LogP contribution < -0.4 is 20.3 Å². The summed E-state index contributed by atoms with van der Waals surface area (Å²) in [7, 11) is 0. The summed E-state index contributed by atoms with van der Waals surface area (Å²) in [6, 6.07) is 12.4. The maximum absolute atomic E-state index is 12.7. The maximum atomic E-state index is 12.7. The molecule has 0 saturated heterocycles. The van der Waals surface area contributed by atoms with E-state index in [-0.39, 0.29) is 30.9 Å². The lowest BCUT2D eigenvalue weighted by Crippen LogP contribution is -2.25. The Labute approximate surface area is 167 Å². The monoisotopic (exact) mass is 394 g/mol. The third kappa shape index (κ3) is 3.82. The van der Waals surface area contributed by atoms with Crippen LogP contribution in [-0.4, -0.2) is 29.0 Å². The minimum Gasteiger partial charge on any atom is -0.454 e. The first-order valence-corrected chi connectivity index (χ1v) is 9.50. The molecule has 2 N–H and O–H groups in total. The molecule has 4 rings (SSSR count). The summed E-state index contributed by atoms with van der Waals surface area (Å²) < 4.78 is 12.2. The molecule has 1 aliphatic rings. The van der Waals surface area contributed by atoms with E-state index >= 15 is 0 Å². The molecule has 2 aromatic carbocycles. The average Bonchev–Trinajstić information content (AvgIpc) is 3.20. The first-order chi connectivity index (χ1) is 14.1. The minimum absolute atomic E-state index is 0.123. The zero-order valence-corrected chi connectivity index (χ0v) is 16.1. The number of ether oxygens (including phenoxy) is 2. The molecule has 1 unspecified atom stereocenters. The number of nitrogens with one attached hydrogen (secondary N) is 1. The molecule has 0 saturated carbocycles. The Balaban J connectivity index is 1.49. The summed E-state index contributed by atoms with van der Waals surface area (Å²) in [5, 5.41) is 13.4. The first kappa shape index (κ1) is 19.0. The van der Waals surface area contributed by atoms with Gasteiger partial charge in [-0.05, 0) is 49.2 Å². The Kier molecular flexibility index (Phi) is 5.22. The molecule has 150 valence electrons. The highest BCUT2D eigenvalue weighted by Crippen LogP contribution is 2.32. The lowest BCUT2D eigenvalue weighted by Gasteiger charge is -2.14. The van der Waals surface area contributed by atoms with Crippen LogP contribution in [0.15, 0.2) is 53.5 Å². The number of nitrogens with zero attached hydrogens (tertiary/aromatic N) is 1. The van der Waals surface area contributed by atoms with Gasteiger partial charge in [-0.2, -0.15) is 0 Å². The van der Waals surface area contributed by atoms with Crippen LogP contribution in [0.4, 0.5) is 5.69 Å². The number of aryl methyl sites for hydroxylation is 1. The highest BCUT2D eigenvalue weighted by atomic mass is 16.7. The Morgan fingerprint density at radius 1 is 1.17 bits per heavy atom. The van der Waals surface area contributed by atoms with Gasteiger partial charge in [0, 0.05) is 29.1 Å². The van der Waals surface area contributed by atoms with Gasteiger partial charge in [-0.25, -0.2) is 0 Å². The van der Waals surface area contributed by atoms with Crippen LogP contribution in [0.25, 0.3) is 10.8 Å². The maximum Gasteiger partial charge on any atom is 0.258 e. The van der Waals surface area contributed by atoms with Crippen LogP contribution in [0.3, 0.4) is 0 Å². The van der Waals surface area contributed by atoms with E-state index in [1.165, 1.54) is 4.57 Å². The van der Waals surface area contributed by atoms with E-state index < -0.39 is 0 Å². The number of anilines is 1. The van der Waals surface area contributed by atoms with Crippen molar-refractivity contribution >= 4 is 22.4 Å². The van der Waals surface area contributed by atoms with Crippen LogP contribution >= 0.6 is 0 Å². The Bertz CT molecular complexity index is 1120. The molecule has 2 heterocycles. The van der Waals surface area contributed by atoms with E-state index in [9.17, 15) is 14.7 Å². The predicted molar refractivity (Wildman–Crippen MR) is 110 cm³/mol. The second-order valence-corrected chi connectivity index (χ2v) is 7.06. The molecule has 1 aromatic heterocycles. The van der Waals surface area contributed by atoms with Crippen molar-refractivity contribution in [3.05, 3.63) is 64.6 Å². The standard InChI is InChI=1S/C22H22N2O5/c1-14(12-25)24-10-9-16-17(22(24)27)3-2-4-18(16)23-21(26)8-6-15-5-7-19-20(11-15)29-13-28-19/h2-5,7,9-11,14,25H,6,8,12-13H2,1H3,(H,23,26). The van der Waals surface area contributed by atoms with Crippen molar-refractivity contribution in [3.8, 4) is 11.5 Å². The number of carbonyl (C=O) groups is 1. The summed E-state index contributed by atoms with van der Waals surface area (Å²) in [5.41, 5.74) is 1.39. The van der Waals surface area contributed by atoms with Crippen molar-refractivity contribution in [2.45, 2.75) is 25.8 Å². The van der Waals surface area contributed by atoms with E-state index in [1.807, 2.05) is 18.2 Å². The number of amides is 1. The van der Waals surface area contributed by atoms with Crippen LogP contribution in [0.2, 0.25) is 0 Å². The molecule has 0 bridgehead atoms. The van der Waals surface area contributed by atoms with Crippen LogP contribution in [0, 0.1) is 0 Å². The highest BCUT2D eigenvalue weighted by Gasteiger charge is 2.15. The molecule has 1 amide bonds. The average molecular weight is 394 g/mol. The molecule has 1 aliphatic heterocycles. The van der Waals surface area contributed by atoms with Gasteiger partial charge in [0.15, 0.2) is 11.5 Å². The van der Waals surface area contributed by atoms with Crippen molar-refractivity contribution in [1.29, 1.82) is 0 Å². The van der Waals surface area contributed by atoms with Crippen molar-refractivity contribution in [1.82, 2.24) is 4.57 Å². The molecular weight excluding hydrogens is 372 g/mol. The van der Waals surface area contributed by atoms with Gasteiger partial charge >= 0.3 is 0 Å². The number of hydrogen-bond donors (Lipinski definition) is 2. The molecule has 7 heteroatoms. The normalized spacial score (nSPS) is 13.4. The molecule has 0 aliphatic carbocycles. The lowest BCUT2D eigenvalue weighted by atomic mass is 10.1. The van der Waals surface area contributed by atoms with Crippen LogP contribution in [0.1, 0.15) is 24.9 Å². The summed E-state index contributed by atoms with van der Waals surface area (Å²) in [5.74, 6) is 1.28. The van der Waals surface area contributed by atoms with Gasteiger partial charge in [0.25, 0.3) is 5.56 Å². The second kappa shape index (κ2) is 7.97. The van der Waals surface area contributed by atoms with Gasteiger partial charge in [0.05, 0.1) is 12.6 Å². The summed E-state index contributed by atoms with van der Waals surface area (Å²) in [6.07, 6.45) is 2.51. The van der Waals surface area contributed by atoms with Crippen molar-refractivity contribution < 1.29 is 19.4 Å². The van der Waals surface area contributed by atoms with E-state index in [4.69, 9.17) is 9.47 Å². The molecule has 1 atom stereocenters. The van der Waals surface area contributed by atoms with Gasteiger partial charge < -0.3 is 24.5 Å². The summed E-state index contributed by atoms with van der Waals surface area (Å²) in [4.78, 5) is 25.2. The van der Waals surface area contributed by atoms with Crippen molar-refractivity contribution in [2.75, 3.05) is 18.7 Å². The van der Waals surface area contributed by atoms with Gasteiger partial charge in [-0.1, -0.05) is 12.1 Å². The summed E-state index contributed by atoms with van der Waals surface area (Å²) >= 11 is 0. The fourth-order valence-electron chi connectivity index (χ4n) is 3.40. The number of aliphatic hydroxyl groups is 1. The first-order valence-electron chi connectivity index (χ1n) is 9.50. The molecule has 3 aromatic rings. The number of rotatable bonds is 6. The topological polar surface area (TPSA) is 89.8 Å². The fraction of sp³-hybridized carbons (Fsp3) is 0.273. The number of benzene rings is 2. The zero-order valence-electron chi connectivity index (χ0n) is 16.1. The number of carbonyl (C=O) groups excluding carboxylic acids is 1. The van der Waals surface area contributed by atoms with Gasteiger partial charge in [0.1, 0.15) is 0 Å². The molecule has 7 nitrogen and oxygen atoms in total. The number of hydrogen-bond acceptors (Lipinski definition) is 5. The van der Waals surface area contributed by atoms with Crippen LogP contribution in [-0.2, 0) is 11.2 Å². The van der Waals surface area contributed by atoms with Crippen molar-refractivity contribution in [2.24, 2.45) is 0 Å². The molecule has 0 fully saturated rings. The molecule has 0 spiro atoms. The molecule has 29 heavy (non-hydrogen) atoms.